The van der Waals surface area contributed by atoms with Crippen molar-refractivity contribution in [1.29, 1.82) is 0 Å². The monoisotopic (exact) mass is 387 g/mol. The predicted molar refractivity (Wildman–Crippen MR) is 94.9 cm³/mol. The summed E-state index contributed by atoms with van der Waals surface area (Å²) in [4.78, 5) is 17.3. The molecule has 22 heavy (non-hydrogen) atoms. The number of carbonyl (C=O) groups is 1. The van der Waals surface area contributed by atoms with E-state index >= 15 is 0 Å². The number of hydrogen-bond acceptors (Lipinski definition) is 3. The van der Waals surface area contributed by atoms with E-state index in [4.69, 9.17) is 0 Å². The van der Waals surface area contributed by atoms with Gasteiger partial charge in [0.2, 0.25) is 0 Å². The van der Waals surface area contributed by atoms with E-state index in [1.807, 2.05) is 30.0 Å². The lowest BCUT2D eigenvalue weighted by Gasteiger charge is -2.32. The zero-order valence-electron chi connectivity index (χ0n) is 12.8. The molecular weight excluding hydrogens is 366 g/mol. The summed E-state index contributed by atoms with van der Waals surface area (Å²) in [5, 5.41) is 3.38. The van der Waals surface area contributed by atoms with Gasteiger partial charge in [0.25, 0.3) is 5.91 Å². The van der Waals surface area contributed by atoms with Crippen LogP contribution in [0.1, 0.15) is 22.3 Å². The zero-order valence-corrected chi connectivity index (χ0v) is 15.3. The molecule has 2 aliphatic heterocycles. The highest BCUT2D eigenvalue weighted by Crippen LogP contribution is 2.23. The number of hydrogen-bond donors (Lipinski definition) is 1. The number of likely N-dealkylation sites (tertiary alicyclic amines) is 1. The van der Waals surface area contributed by atoms with Crippen molar-refractivity contribution in [3.63, 3.8) is 0 Å². The summed E-state index contributed by atoms with van der Waals surface area (Å²) in [7, 11) is 0. The van der Waals surface area contributed by atoms with Crippen LogP contribution in [0.2, 0.25) is 0 Å². The third kappa shape index (κ3) is 3.65. The van der Waals surface area contributed by atoms with Crippen LogP contribution in [0.4, 0.5) is 0 Å². The van der Waals surface area contributed by atoms with Gasteiger partial charge in [-0.15, -0.1) is 12.4 Å². The highest BCUT2D eigenvalue weighted by molar-refractivity contribution is 9.10. The fraction of sp³-hybridized carbons (Fsp3) is 0.562. The van der Waals surface area contributed by atoms with E-state index in [9.17, 15) is 4.79 Å². The summed E-state index contributed by atoms with van der Waals surface area (Å²) < 4.78 is 1.01. The summed E-state index contributed by atoms with van der Waals surface area (Å²) >= 11 is 3.51. The van der Waals surface area contributed by atoms with Gasteiger partial charge in [0.1, 0.15) is 0 Å². The molecule has 6 heteroatoms. The molecule has 1 aromatic rings. The number of carbonyl (C=O) groups excluding carboxylic acids is 1. The molecular formula is C16H23BrClN3O. The van der Waals surface area contributed by atoms with Gasteiger partial charge >= 0.3 is 0 Å². The average molecular weight is 389 g/mol. The SMILES string of the molecule is Cc1c(Br)cccc1C(=O)N1CCC(N2CCNCC2)C1.Cl. The Morgan fingerprint density at radius 1 is 1.27 bits per heavy atom. The molecule has 1 unspecified atom stereocenters. The van der Waals surface area contributed by atoms with Crippen molar-refractivity contribution in [2.24, 2.45) is 0 Å². The molecule has 1 N–H and O–H groups in total. The Hall–Kier alpha value is -0.620. The number of benzene rings is 1. The largest absolute Gasteiger partial charge is 0.337 e. The summed E-state index contributed by atoms with van der Waals surface area (Å²) in [6, 6.07) is 6.39. The quantitative estimate of drug-likeness (QED) is 0.844. The Balaban J connectivity index is 0.00000176. The first-order chi connectivity index (χ1) is 10.2. The molecule has 0 radical (unpaired) electrons. The van der Waals surface area contributed by atoms with Gasteiger partial charge in [-0.1, -0.05) is 22.0 Å². The van der Waals surface area contributed by atoms with Crippen molar-refractivity contribution in [3.05, 3.63) is 33.8 Å². The van der Waals surface area contributed by atoms with Crippen molar-refractivity contribution in [2.45, 2.75) is 19.4 Å². The molecule has 1 atom stereocenters. The van der Waals surface area contributed by atoms with E-state index in [2.05, 4.69) is 26.1 Å². The summed E-state index contributed by atoms with van der Waals surface area (Å²) in [6.07, 6.45) is 1.10. The number of piperazine rings is 1. The first-order valence-electron chi connectivity index (χ1n) is 7.66. The minimum atomic E-state index is 0. The normalized spacial score (nSPS) is 22.5. The second-order valence-electron chi connectivity index (χ2n) is 5.89. The Bertz CT molecular complexity index is 534. The predicted octanol–water partition coefficient (Wildman–Crippen LogP) is 2.30. The standard InChI is InChI=1S/C16H22BrN3O.ClH/c1-12-14(3-2-4-15(12)17)16(21)20-8-5-13(11-20)19-9-6-18-7-10-19;/h2-4,13,18H,5-11H2,1H3;1H. The lowest BCUT2D eigenvalue weighted by molar-refractivity contribution is 0.0772. The maximum absolute atomic E-state index is 12.7. The third-order valence-corrected chi connectivity index (χ3v) is 5.48. The van der Waals surface area contributed by atoms with E-state index < -0.39 is 0 Å². The molecule has 0 aromatic heterocycles. The highest BCUT2D eigenvalue weighted by atomic mass is 79.9. The highest BCUT2D eigenvalue weighted by Gasteiger charge is 2.31. The van der Waals surface area contributed by atoms with Gasteiger partial charge in [-0.3, -0.25) is 9.69 Å². The molecule has 0 saturated carbocycles. The Morgan fingerprint density at radius 2 is 2.00 bits per heavy atom. The lowest BCUT2D eigenvalue weighted by atomic mass is 10.1. The van der Waals surface area contributed by atoms with Crippen LogP contribution in [0, 0.1) is 6.92 Å². The van der Waals surface area contributed by atoms with Crippen LogP contribution in [0.5, 0.6) is 0 Å². The van der Waals surface area contributed by atoms with E-state index in [0.717, 1.165) is 61.3 Å². The van der Waals surface area contributed by atoms with Crippen molar-refractivity contribution in [2.75, 3.05) is 39.3 Å². The second kappa shape index (κ2) is 7.77. The van der Waals surface area contributed by atoms with Gasteiger partial charge in [0.15, 0.2) is 0 Å². The average Bonchev–Trinajstić information content (AvgIpc) is 3.00. The van der Waals surface area contributed by atoms with E-state index in [-0.39, 0.29) is 18.3 Å². The molecule has 0 bridgehead atoms. The molecule has 122 valence electrons. The molecule has 2 fully saturated rings. The van der Waals surface area contributed by atoms with Gasteiger partial charge < -0.3 is 10.2 Å². The number of rotatable bonds is 2. The van der Waals surface area contributed by atoms with Gasteiger partial charge in [0, 0.05) is 55.3 Å². The fourth-order valence-corrected chi connectivity index (χ4v) is 3.65. The molecule has 4 nitrogen and oxygen atoms in total. The first kappa shape index (κ1) is 17.7. The molecule has 3 rings (SSSR count). The summed E-state index contributed by atoms with van der Waals surface area (Å²) in [5.74, 6) is 0.173. The minimum absolute atomic E-state index is 0. The molecule has 0 aliphatic carbocycles. The lowest BCUT2D eigenvalue weighted by Crippen LogP contribution is -2.49. The van der Waals surface area contributed by atoms with Crippen molar-refractivity contribution >= 4 is 34.2 Å². The van der Waals surface area contributed by atoms with E-state index in [1.165, 1.54) is 0 Å². The van der Waals surface area contributed by atoms with Gasteiger partial charge in [-0.05, 0) is 31.0 Å². The zero-order chi connectivity index (χ0) is 14.8. The summed E-state index contributed by atoms with van der Waals surface area (Å²) in [6.45, 7) is 8.07. The smallest absolute Gasteiger partial charge is 0.254 e. The maximum atomic E-state index is 12.7. The summed E-state index contributed by atoms with van der Waals surface area (Å²) in [5.41, 5.74) is 1.86. The second-order valence-corrected chi connectivity index (χ2v) is 6.75. The van der Waals surface area contributed by atoms with E-state index in [0.29, 0.717) is 6.04 Å². The van der Waals surface area contributed by atoms with Crippen LogP contribution >= 0.6 is 28.3 Å². The van der Waals surface area contributed by atoms with Gasteiger partial charge in [0.05, 0.1) is 0 Å². The molecule has 2 saturated heterocycles. The van der Waals surface area contributed by atoms with Crippen LogP contribution in [0.15, 0.2) is 22.7 Å². The topological polar surface area (TPSA) is 35.6 Å². The third-order valence-electron chi connectivity index (χ3n) is 4.62. The number of nitrogens with one attached hydrogen (secondary N) is 1. The fourth-order valence-electron chi connectivity index (χ4n) is 3.28. The van der Waals surface area contributed by atoms with Crippen LogP contribution in [0.25, 0.3) is 0 Å². The molecule has 1 amide bonds. The van der Waals surface area contributed by atoms with Crippen molar-refractivity contribution in [3.8, 4) is 0 Å². The van der Waals surface area contributed by atoms with Gasteiger partial charge in [-0.2, -0.15) is 0 Å². The van der Waals surface area contributed by atoms with Crippen molar-refractivity contribution in [1.82, 2.24) is 15.1 Å². The first-order valence-corrected chi connectivity index (χ1v) is 8.45. The van der Waals surface area contributed by atoms with Crippen LogP contribution in [-0.4, -0.2) is 61.0 Å². The Morgan fingerprint density at radius 3 is 2.73 bits per heavy atom. The molecule has 2 aliphatic rings. The van der Waals surface area contributed by atoms with E-state index in [1.54, 1.807) is 0 Å². The Labute approximate surface area is 146 Å². The van der Waals surface area contributed by atoms with Crippen LogP contribution in [0.3, 0.4) is 0 Å². The van der Waals surface area contributed by atoms with Gasteiger partial charge in [-0.25, -0.2) is 0 Å². The van der Waals surface area contributed by atoms with Crippen LogP contribution < -0.4 is 5.32 Å². The number of nitrogens with zero attached hydrogens (tertiary/aromatic N) is 2. The minimum Gasteiger partial charge on any atom is -0.337 e. The molecule has 0 spiro atoms. The molecule has 2 heterocycles. The molecule has 1 aromatic carbocycles. The van der Waals surface area contributed by atoms with Crippen molar-refractivity contribution < 1.29 is 4.79 Å². The number of amides is 1. The number of halogens is 2. The maximum Gasteiger partial charge on any atom is 0.254 e. The Kier molecular flexibility index (Phi) is 6.26. The van der Waals surface area contributed by atoms with Crippen LogP contribution in [-0.2, 0) is 0 Å².